The van der Waals surface area contributed by atoms with Crippen LogP contribution in [0.25, 0.3) is 0 Å². The molecule has 1 saturated carbocycles. The van der Waals surface area contributed by atoms with Crippen LogP contribution in [0.15, 0.2) is 6.20 Å². The molecule has 1 aliphatic rings. The molecule has 0 saturated heterocycles. The number of carbonyl (C=O) groups is 1. The average Bonchev–Trinajstić information content (AvgIpc) is 2.41. The number of nitrogens with zero attached hydrogens (tertiary/aromatic N) is 2. The second-order valence-corrected chi connectivity index (χ2v) is 6.33. The van der Waals surface area contributed by atoms with E-state index in [-0.39, 0.29) is 17.9 Å². The number of carbonyl (C=O) groups excluding carboxylic acids is 1. The van der Waals surface area contributed by atoms with Crippen LogP contribution < -0.4 is 5.32 Å². The van der Waals surface area contributed by atoms with Gasteiger partial charge >= 0.3 is 0 Å². The highest BCUT2D eigenvalue weighted by Crippen LogP contribution is 2.24. The molecule has 1 aromatic heterocycles. The lowest BCUT2D eigenvalue weighted by molar-refractivity contribution is 0.0905. The predicted molar refractivity (Wildman–Crippen MR) is 80.0 cm³/mol. The molecule has 0 bridgehead atoms. The summed E-state index contributed by atoms with van der Waals surface area (Å²) in [6, 6.07) is 0.227. The number of hydrogen-bond donors (Lipinski definition) is 1. The van der Waals surface area contributed by atoms with Gasteiger partial charge < -0.3 is 5.32 Å². The van der Waals surface area contributed by atoms with Crippen LogP contribution in [-0.4, -0.2) is 21.9 Å². The molecule has 1 aliphatic carbocycles. The van der Waals surface area contributed by atoms with E-state index in [1.165, 1.54) is 25.5 Å². The van der Waals surface area contributed by atoms with Crippen molar-refractivity contribution >= 4 is 17.5 Å². The molecule has 1 N–H and O–H groups in total. The number of aromatic nitrogens is 2. The van der Waals surface area contributed by atoms with Crippen molar-refractivity contribution in [3.63, 3.8) is 0 Å². The third kappa shape index (κ3) is 3.48. The maximum absolute atomic E-state index is 12.4. The van der Waals surface area contributed by atoms with Gasteiger partial charge in [0.15, 0.2) is 0 Å². The van der Waals surface area contributed by atoms with Crippen molar-refractivity contribution in [3.05, 3.63) is 22.7 Å². The second-order valence-electron chi connectivity index (χ2n) is 5.92. The summed E-state index contributed by atoms with van der Waals surface area (Å²) in [5.74, 6) is 1.15. The molecule has 2 rings (SSSR count). The molecule has 1 fully saturated rings. The molecular formula is C15H22ClN3O. The zero-order valence-electron chi connectivity index (χ0n) is 12.3. The Balaban J connectivity index is 2.14. The Labute approximate surface area is 125 Å². The molecule has 4 nitrogen and oxygen atoms in total. The third-order valence-electron chi connectivity index (χ3n) is 3.92. The molecule has 2 atom stereocenters. The Morgan fingerprint density at radius 3 is 2.75 bits per heavy atom. The quantitative estimate of drug-likeness (QED) is 0.927. The predicted octanol–water partition coefficient (Wildman–Crippen LogP) is 3.56. The van der Waals surface area contributed by atoms with Crippen molar-refractivity contribution in [3.8, 4) is 0 Å². The Morgan fingerprint density at radius 1 is 1.40 bits per heavy atom. The smallest absolute Gasteiger partial charge is 0.271 e. The summed E-state index contributed by atoms with van der Waals surface area (Å²) in [6.45, 7) is 6.17. The van der Waals surface area contributed by atoms with Gasteiger partial charge in [-0.05, 0) is 18.8 Å². The SMILES string of the molecule is CC(C)c1ncc(Cl)c(C(=O)NC2CCCCC2C)n1. The van der Waals surface area contributed by atoms with Crippen LogP contribution in [0.3, 0.4) is 0 Å². The average molecular weight is 296 g/mol. The second kappa shape index (κ2) is 6.53. The molecule has 1 aromatic rings. The standard InChI is InChI=1S/C15H22ClN3O/c1-9(2)14-17-8-11(16)13(19-14)15(20)18-12-7-5-4-6-10(12)3/h8-10,12H,4-7H2,1-3H3,(H,18,20). The molecular weight excluding hydrogens is 274 g/mol. The minimum Gasteiger partial charge on any atom is -0.348 e. The zero-order valence-corrected chi connectivity index (χ0v) is 13.1. The summed E-state index contributed by atoms with van der Waals surface area (Å²) in [7, 11) is 0. The van der Waals surface area contributed by atoms with Gasteiger partial charge in [0.25, 0.3) is 5.91 Å². The highest BCUT2D eigenvalue weighted by molar-refractivity contribution is 6.33. The van der Waals surface area contributed by atoms with Crippen molar-refractivity contribution in [1.29, 1.82) is 0 Å². The topological polar surface area (TPSA) is 54.9 Å². The summed E-state index contributed by atoms with van der Waals surface area (Å²) < 4.78 is 0. The number of hydrogen-bond acceptors (Lipinski definition) is 3. The molecule has 5 heteroatoms. The van der Waals surface area contributed by atoms with Crippen LogP contribution >= 0.6 is 11.6 Å². The molecule has 0 aromatic carbocycles. The van der Waals surface area contributed by atoms with Crippen molar-refractivity contribution < 1.29 is 4.79 Å². The number of nitrogens with one attached hydrogen (secondary N) is 1. The van der Waals surface area contributed by atoms with Crippen LogP contribution in [0.1, 0.15) is 68.7 Å². The minimum absolute atomic E-state index is 0.174. The van der Waals surface area contributed by atoms with E-state index in [1.54, 1.807) is 0 Å². The summed E-state index contributed by atoms with van der Waals surface area (Å²) in [5, 5.41) is 3.39. The highest BCUT2D eigenvalue weighted by atomic mass is 35.5. The van der Waals surface area contributed by atoms with Crippen molar-refractivity contribution in [2.45, 2.75) is 58.4 Å². The number of rotatable bonds is 3. The lowest BCUT2D eigenvalue weighted by atomic mass is 9.86. The van der Waals surface area contributed by atoms with E-state index >= 15 is 0 Å². The van der Waals surface area contributed by atoms with Gasteiger partial charge in [-0.2, -0.15) is 0 Å². The molecule has 0 spiro atoms. The van der Waals surface area contributed by atoms with E-state index in [0.29, 0.717) is 22.5 Å². The van der Waals surface area contributed by atoms with E-state index < -0.39 is 0 Å². The minimum atomic E-state index is -0.182. The van der Waals surface area contributed by atoms with E-state index in [9.17, 15) is 4.79 Å². The van der Waals surface area contributed by atoms with Gasteiger partial charge in [0.2, 0.25) is 0 Å². The fourth-order valence-corrected chi connectivity index (χ4v) is 2.76. The monoisotopic (exact) mass is 295 g/mol. The Bertz CT molecular complexity index is 490. The van der Waals surface area contributed by atoms with Crippen LogP contribution in [0.5, 0.6) is 0 Å². The van der Waals surface area contributed by atoms with Crippen molar-refractivity contribution in [2.75, 3.05) is 0 Å². The molecule has 0 radical (unpaired) electrons. The Morgan fingerprint density at radius 2 is 2.10 bits per heavy atom. The fourth-order valence-electron chi connectivity index (χ4n) is 2.59. The fraction of sp³-hybridized carbons (Fsp3) is 0.667. The first kappa shape index (κ1) is 15.2. The maximum Gasteiger partial charge on any atom is 0.271 e. The molecule has 110 valence electrons. The summed E-state index contributed by atoms with van der Waals surface area (Å²) in [4.78, 5) is 20.8. The summed E-state index contributed by atoms with van der Waals surface area (Å²) in [6.07, 6.45) is 6.14. The van der Waals surface area contributed by atoms with Gasteiger partial charge in [0.1, 0.15) is 11.5 Å². The molecule has 2 unspecified atom stereocenters. The van der Waals surface area contributed by atoms with Gasteiger partial charge in [0, 0.05) is 12.0 Å². The van der Waals surface area contributed by atoms with Crippen LogP contribution in [0.2, 0.25) is 5.02 Å². The summed E-state index contributed by atoms with van der Waals surface area (Å²) >= 11 is 6.06. The Hall–Kier alpha value is -1.16. The van der Waals surface area contributed by atoms with E-state index in [1.807, 2.05) is 13.8 Å². The molecule has 20 heavy (non-hydrogen) atoms. The van der Waals surface area contributed by atoms with Crippen LogP contribution in [-0.2, 0) is 0 Å². The van der Waals surface area contributed by atoms with Gasteiger partial charge in [-0.25, -0.2) is 9.97 Å². The first-order chi connectivity index (χ1) is 9.49. The summed E-state index contributed by atoms with van der Waals surface area (Å²) in [5.41, 5.74) is 0.295. The first-order valence-electron chi connectivity index (χ1n) is 7.32. The van der Waals surface area contributed by atoms with Gasteiger partial charge in [-0.1, -0.05) is 45.2 Å². The first-order valence-corrected chi connectivity index (χ1v) is 7.70. The highest BCUT2D eigenvalue weighted by Gasteiger charge is 2.25. The number of amides is 1. The lowest BCUT2D eigenvalue weighted by Crippen LogP contribution is -2.41. The van der Waals surface area contributed by atoms with E-state index in [0.717, 1.165) is 6.42 Å². The normalized spacial score (nSPS) is 22.9. The van der Waals surface area contributed by atoms with Crippen molar-refractivity contribution in [2.24, 2.45) is 5.92 Å². The van der Waals surface area contributed by atoms with Crippen LogP contribution in [0.4, 0.5) is 0 Å². The Kier molecular flexibility index (Phi) is 4.97. The maximum atomic E-state index is 12.4. The molecule has 1 heterocycles. The van der Waals surface area contributed by atoms with Gasteiger partial charge in [-0.15, -0.1) is 0 Å². The largest absolute Gasteiger partial charge is 0.348 e. The van der Waals surface area contributed by atoms with Crippen LogP contribution in [0, 0.1) is 5.92 Å². The van der Waals surface area contributed by atoms with Crippen molar-refractivity contribution in [1.82, 2.24) is 15.3 Å². The lowest BCUT2D eigenvalue weighted by Gasteiger charge is -2.29. The van der Waals surface area contributed by atoms with Gasteiger partial charge in [0.05, 0.1) is 11.2 Å². The number of halogens is 1. The molecule has 0 aliphatic heterocycles. The van der Waals surface area contributed by atoms with E-state index in [4.69, 9.17) is 11.6 Å². The van der Waals surface area contributed by atoms with Gasteiger partial charge in [-0.3, -0.25) is 4.79 Å². The third-order valence-corrected chi connectivity index (χ3v) is 4.20. The zero-order chi connectivity index (χ0) is 14.7. The molecule has 1 amide bonds. The van der Waals surface area contributed by atoms with E-state index in [2.05, 4.69) is 22.2 Å².